The molecule has 8 nitrogen and oxygen atoms in total. The predicted octanol–water partition coefficient (Wildman–Crippen LogP) is 5.13. The third-order valence-corrected chi connectivity index (χ3v) is 5.49. The first-order valence-corrected chi connectivity index (χ1v) is 13.7. The number of rotatable bonds is 22. The number of unbranched alkanes of at least 4 members (excludes halogenated alkanes) is 4. The molecule has 2 unspecified atom stereocenters. The van der Waals surface area contributed by atoms with E-state index < -0.39 is 33.1 Å². The van der Waals surface area contributed by atoms with E-state index in [-0.39, 0.29) is 19.6 Å². The molecule has 0 bridgehead atoms. The summed E-state index contributed by atoms with van der Waals surface area (Å²) in [6, 6.07) is 0. The summed E-state index contributed by atoms with van der Waals surface area (Å²) in [5, 5.41) is 9.25. The van der Waals surface area contributed by atoms with Gasteiger partial charge in [-0.1, -0.05) is 68.4 Å². The van der Waals surface area contributed by atoms with E-state index in [2.05, 4.69) is 54.0 Å². The molecule has 9 heteroatoms. The van der Waals surface area contributed by atoms with Crippen LogP contribution in [0.2, 0.25) is 0 Å². The summed E-state index contributed by atoms with van der Waals surface area (Å²) in [4.78, 5) is 21.3. The average molecular weight is 502 g/mol. The molecule has 196 valence electrons. The lowest BCUT2D eigenvalue weighted by Crippen LogP contribution is -2.27. The number of hydrogen-bond acceptors (Lipinski definition) is 7. The molecule has 0 saturated heterocycles. The van der Waals surface area contributed by atoms with Crippen molar-refractivity contribution in [3.8, 4) is 0 Å². The number of aliphatic hydroxyl groups is 1. The number of hydrogen-bond donors (Lipinski definition) is 3. The van der Waals surface area contributed by atoms with E-state index >= 15 is 0 Å². The van der Waals surface area contributed by atoms with Crippen LogP contribution in [0.5, 0.6) is 0 Å². The largest absolute Gasteiger partial charge is 0.472 e. The van der Waals surface area contributed by atoms with Crippen LogP contribution in [0.4, 0.5) is 0 Å². The first-order valence-electron chi connectivity index (χ1n) is 12.2. The summed E-state index contributed by atoms with van der Waals surface area (Å²) in [6.07, 6.45) is 25.4. The molecule has 0 amide bonds. The Hall–Kier alpha value is -1.54. The minimum Gasteiger partial charge on any atom is -0.457 e. The van der Waals surface area contributed by atoms with Gasteiger partial charge in [-0.05, 0) is 44.9 Å². The molecule has 2 atom stereocenters. The molecule has 0 spiro atoms. The van der Waals surface area contributed by atoms with Crippen molar-refractivity contribution in [3.63, 3.8) is 0 Å². The van der Waals surface area contributed by atoms with E-state index in [0.717, 1.165) is 25.7 Å². The van der Waals surface area contributed by atoms with Crippen LogP contribution in [-0.2, 0) is 23.1 Å². The molecule has 0 aliphatic rings. The number of aliphatic hydroxyl groups excluding tert-OH is 1. The van der Waals surface area contributed by atoms with Crippen LogP contribution in [0.25, 0.3) is 0 Å². The third-order valence-electron chi connectivity index (χ3n) is 4.51. The molecule has 34 heavy (non-hydrogen) atoms. The smallest absolute Gasteiger partial charge is 0.457 e. The van der Waals surface area contributed by atoms with Crippen molar-refractivity contribution < 1.29 is 33.1 Å². The van der Waals surface area contributed by atoms with Crippen molar-refractivity contribution in [1.29, 1.82) is 0 Å². The molecule has 0 fully saturated rings. The Morgan fingerprint density at radius 3 is 2.00 bits per heavy atom. The first kappa shape index (κ1) is 32.5. The molecule has 0 heterocycles. The van der Waals surface area contributed by atoms with Crippen molar-refractivity contribution in [3.05, 3.63) is 48.6 Å². The molecule has 4 N–H and O–H groups in total. The highest BCUT2D eigenvalue weighted by Crippen LogP contribution is 2.42. The molecule has 0 saturated carbocycles. The number of esters is 1. The van der Waals surface area contributed by atoms with Crippen molar-refractivity contribution >= 4 is 13.8 Å². The highest BCUT2D eigenvalue weighted by molar-refractivity contribution is 7.47. The fraction of sp³-hybridized carbons (Fsp3) is 0.640. The second kappa shape index (κ2) is 23.2. The maximum Gasteiger partial charge on any atom is 0.472 e. The summed E-state index contributed by atoms with van der Waals surface area (Å²) in [5.74, 6) is -0.505. The Morgan fingerprint density at radius 1 is 0.912 bits per heavy atom. The van der Waals surface area contributed by atoms with Gasteiger partial charge in [0.15, 0.2) is 0 Å². The lowest BCUT2D eigenvalue weighted by atomic mass is 10.2. The summed E-state index contributed by atoms with van der Waals surface area (Å²) < 4.78 is 25.9. The van der Waals surface area contributed by atoms with Gasteiger partial charge in [-0.3, -0.25) is 13.8 Å². The average Bonchev–Trinajstić information content (AvgIpc) is 2.82. The molecule has 0 aromatic carbocycles. The van der Waals surface area contributed by atoms with Crippen LogP contribution in [0.3, 0.4) is 0 Å². The molecule has 0 aliphatic heterocycles. The molecular weight excluding hydrogens is 457 g/mol. The summed E-state index contributed by atoms with van der Waals surface area (Å²) in [7, 11) is -4.28. The maximum atomic E-state index is 11.9. The van der Waals surface area contributed by atoms with Crippen molar-refractivity contribution in [2.75, 3.05) is 26.4 Å². The number of phosphoric ester groups is 1. The van der Waals surface area contributed by atoms with Crippen LogP contribution < -0.4 is 5.73 Å². The van der Waals surface area contributed by atoms with Gasteiger partial charge >= 0.3 is 13.8 Å². The number of allylic oxidation sites excluding steroid dienone is 8. The van der Waals surface area contributed by atoms with Crippen molar-refractivity contribution in [1.82, 2.24) is 0 Å². The van der Waals surface area contributed by atoms with E-state index in [9.17, 15) is 19.4 Å². The molecule has 0 radical (unpaired) electrons. The lowest BCUT2D eigenvalue weighted by Gasteiger charge is -2.17. The van der Waals surface area contributed by atoms with Gasteiger partial charge in [0.25, 0.3) is 0 Å². The quantitative estimate of drug-likeness (QED) is 0.0806. The van der Waals surface area contributed by atoms with E-state index in [4.69, 9.17) is 15.0 Å². The highest BCUT2D eigenvalue weighted by Gasteiger charge is 2.24. The van der Waals surface area contributed by atoms with Gasteiger partial charge in [-0.25, -0.2) is 4.57 Å². The Morgan fingerprint density at radius 2 is 1.47 bits per heavy atom. The van der Waals surface area contributed by atoms with Gasteiger partial charge in [-0.2, -0.15) is 0 Å². The fourth-order valence-corrected chi connectivity index (χ4v) is 3.44. The lowest BCUT2D eigenvalue weighted by molar-refractivity contribution is -0.153. The normalized spacial score (nSPS) is 15.1. The van der Waals surface area contributed by atoms with Crippen LogP contribution in [0.1, 0.15) is 71.1 Å². The van der Waals surface area contributed by atoms with Crippen molar-refractivity contribution in [2.24, 2.45) is 5.73 Å². The predicted molar refractivity (Wildman–Crippen MR) is 136 cm³/mol. The summed E-state index contributed by atoms with van der Waals surface area (Å²) in [6.45, 7) is 1.16. The molecule has 0 aromatic heterocycles. The van der Waals surface area contributed by atoms with Crippen LogP contribution >= 0.6 is 7.82 Å². The van der Waals surface area contributed by atoms with Gasteiger partial charge in [0.2, 0.25) is 0 Å². The van der Waals surface area contributed by atoms with Crippen LogP contribution in [-0.4, -0.2) is 48.4 Å². The zero-order valence-corrected chi connectivity index (χ0v) is 21.5. The Kier molecular flexibility index (Phi) is 22.2. The number of carbonyl (C=O) groups excluding carboxylic acids is 1. The van der Waals surface area contributed by atoms with Gasteiger partial charge in [0.1, 0.15) is 6.10 Å². The summed E-state index contributed by atoms with van der Waals surface area (Å²) >= 11 is 0. The van der Waals surface area contributed by atoms with Crippen LogP contribution in [0.15, 0.2) is 48.6 Å². The highest BCUT2D eigenvalue weighted by atomic mass is 31.2. The van der Waals surface area contributed by atoms with Gasteiger partial charge < -0.3 is 20.5 Å². The number of carbonyl (C=O) groups is 1. The minimum atomic E-state index is -4.28. The number of phosphoric acid groups is 1. The van der Waals surface area contributed by atoms with Crippen molar-refractivity contribution in [2.45, 2.75) is 77.2 Å². The third kappa shape index (κ3) is 22.3. The van der Waals surface area contributed by atoms with E-state index in [1.54, 1.807) is 0 Å². The Labute approximate surface area is 205 Å². The standard InChI is InChI=1S/C25H44NO7P/c1-2-3-4-5-6-7-8-9-10-11-12-13-14-15-16-17-18-19-25(28)33-24(22-27)23-32-34(29,30)31-21-20-26/h6-7,9-10,12-13,15-16,24,27H,2-5,8,11,14,17-23,26H2,1H3,(H,29,30)/b7-6-,10-9-,13-12-,16-15-. The molecule has 0 rings (SSSR count). The van der Waals surface area contributed by atoms with Gasteiger partial charge in [0.05, 0.1) is 19.8 Å². The zero-order chi connectivity index (χ0) is 25.3. The number of nitrogens with two attached hydrogens (primary N) is 1. The minimum absolute atomic E-state index is 0.0613. The maximum absolute atomic E-state index is 11.9. The van der Waals surface area contributed by atoms with Gasteiger partial charge in [0, 0.05) is 13.0 Å². The van der Waals surface area contributed by atoms with Crippen LogP contribution in [0, 0.1) is 0 Å². The van der Waals surface area contributed by atoms with Gasteiger partial charge in [-0.15, -0.1) is 0 Å². The van der Waals surface area contributed by atoms with E-state index in [1.165, 1.54) is 25.7 Å². The number of ether oxygens (including phenoxy) is 1. The summed E-state index contributed by atoms with van der Waals surface area (Å²) in [5.41, 5.74) is 5.19. The Bertz CT molecular complexity index is 662. The Balaban J connectivity index is 3.82. The molecule has 0 aromatic rings. The fourth-order valence-electron chi connectivity index (χ4n) is 2.68. The molecular formula is C25H44NO7P. The second-order valence-electron chi connectivity index (χ2n) is 7.66. The SMILES string of the molecule is CCCCC/C=C\C/C=C\C/C=C\C/C=C\CCCC(=O)OC(CO)COP(=O)(O)OCCN. The van der Waals surface area contributed by atoms with E-state index in [1.807, 2.05) is 6.08 Å². The molecule has 0 aliphatic carbocycles. The second-order valence-corrected chi connectivity index (χ2v) is 9.11. The monoisotopic (exact) mass is 501 g/mol. The zero-order valence-electron chi connectivity index (χ0n) is 20.6. The van der Waals surface area contributed by atoms with E-state index in [0.29, 0.717) is 6.42 Å². The topological polar surface area (TPSA) is 128 Å². The first-order chi connectivity index (χ1) is 16.4.